The monoisotopic (exact) mass is 483 g/mol. The van der Waals surface area contributed by atoms with Crippen LogP contribution in [-0.4, -0.2) is 65.7 Å². The third-order valence-corrected chi connectivity index (χ3v) is 5.48. The highest BCUT2D eigenvalue weighted by Crippen LogP contribution is 2.27. The maximum Gasteiger partial charge on any atom is 0.181 e. The van der Waals surface area contributed by atoms with Crippen LogP contribution in [0, 0.1) is 19.7 Å². The summed E-state index contributed by atoms with van der Waals surface area (Å²) in [5.74, 6) is 1.48. The molecule has 3 heterocycles. The number of hydrogen-bond donors (Lipinski definition) is 3. The topological polar surface area (TPSA) is 103 Å². The van der Waals surface area contributed by atoms with Crippen LogP contribution in [0.25, 0.3) is 10.9 Å². The Hall–Kier alpha value is -3.66. The lowest BCUT2D eigenvalue weighted by atomic mass is 10.2. The minimum Gasteiger partial charge on any atom is -0.468 e. The van der Waals surface area contributed by atoms with Crippen LogP contribution >= 0.6 is 0 Å². The smallest absolute Gasteiger partial charge is 0.181 e. The van der Waals surface area contributed by atoms with Crippen molar-refractivity contribution >= 4 is 29.3 Å². The second-order valence-electron chi connectivity index (χ2n) is 7.92. The average Bonchev–Trinajstić information content (AvgIpc) is 3.60. The Morgan fingerprint density at radius 2 is 2.11 bits per heavy atom. The summed E-state index contributed by atoms with van der Waals surface area (Å²) < 4.78 is 26.0. The van der Waals surface area contributed by atoms with Gasteiger partial charge < -0.3 is 24.7 Å². The Labute approximate surface area is 205 Å². The van der Waals surface area contributed by atoms with Crippen LogP contribution in [0.15, 0.2) is 46.1 Å². The van der Waals surface area contributed by atoms with Crippen LogP contribution < -0.4 is 10.1 Å². The number of ether oxygens (including phenoxy) is 2. The number of fused-ring (bicyclic) bond motifs is 1. The van der Waals surface area contributed by atoms with Gasteiger partial charge in [-0.2, -0.15) is 5.10 Å². The zero-order chi connectivity index (χ0) is 25.4. The van der Waals surface area contributed by atoms with E-state index in [1.807, 2.05) is 33.8 Å². The Kier molecular flexibility index (Phi) is 9.02. The second kappa shape index (κ2) is 12.2. The summed E-state index contributed by atoms with van der Waals surface area (Å²) >= 11 is 0. The summed E-state index contributed by atoms with van der Waals surface area (Å²) in [4.78, 5) is 13.8. The van der Waals surface area contributed by atoms with E-state index in [0.717, 1.165) is 29.9 Å². The zero-order valence-corrected chi connectivity index (χ0v) is 21.0. The Balaban J connectivity index is 0.00000167. The molecule has 1 aliphatic heterocycles. The molecule has 188 valence electrons. The number of hydrogen-bond acceptors (Lipinski definition) is 6. The molecule has 0 saturated carbocycles. The minimum absolute atomic E-state index is 0.0578. The molecule has 1 saturated heterocycles. The first-order valence-electron chi connectivity index (χ1n) is 11.7. The molecule has 0 radical (unpaired) electrons. The number of rotatable bonds is 8. The molecule has 35 heavy (non-hydrogen) atoms. The molecule has 0 bridgehead atoms. The molecule has 0 aliphatic carbocycles. The number of amidine groups is 1. The Morgan fingerprint density at radius 1 is 1.31 bits per heavy atom. The molecule has 1 aliphatic rings. The van der Waals surface area contributed by atoms with Gasteiger partial charge in [0.1, 0.15) is 11.7 Å². The number of methoxy groups -OCH3 is 1. The van der Waals surface area contributed by atoms with E-state index in [0.29, 0.717) is 29.4 Å². The number of aryl methyl sites for hydroxylation is 2. The minimum atomic E-state index is -0.409. The summed E-state index contributed by atoms with van der Waals surface area (Å²) in [5, 5.41) is 10.6. The van der Waals surface area contributed by atoms with E-state index in [4.69, 9.17) is 9.47 Å². The van der Waals surface area contributed by atoms with E-state index >= 15 is 0 Å². The number of H-pyrrole nitrogens is 2. The number of nitrogens with one attached hydrogen (secondary N) is 3. The lowest BCUT2D eigenvalue weighted by molar-refractivity contribution is 0.114. The molecule has 2 aromatic heterocycles. The van der Waals surface area contributed by atoms with E-state index in [1.165, 1.54) is 0 Å². The number of aromatic nitrogens is 3. The van der Waals surface area contributed by atoms with Crippen molar-refractivity contribution in [1.29, 1.82) is 0 Å². The summed E-state index contributed by atoms with van der Waals surface area (Å²) in [6.45, 7) is 12.8. The summed E-state index contributed by atoms with van der Waals surface area (Å²) in [6.07, 6.45) is 2.77. The summed E-state index contributed by atoms with van der Waals surface area (Å²) in [5.41, 5.74) is 2.54. The maximum atomic E-state index is 14.8. The summed E-state index contributed by atoms with van der Waals surface area (Å²) in [7, 11) is 1.70. The fourth-order valence-corrected chi connectivity index (χ4v) is 3.79. The molecular weight excluding hydrogens is 449 g/mol. The van der Waals surface area contributed by atoms with Crippen LogP contribution in [0.1, 0.15) is 31.7 Å². The molecule has 1 aromatic carbocycles. The van der Waals surface area contributed by atoms with Crippen molar-refractivity contribution < 1.29 is 13.9 Å². The van der Waals surface area contributed by atoms with Crippen LogP contribution in [0.2, 0.25) is 0 Å². The maximum absolute atomic E-state index is 14.8. The highest BCUT2D eigenvalue weighted by atomic mass is 19.1. The van der Waals surface area contributed by atoms with Crippen molar-refractivity contribution in [3.63, 3.8) is 0 Å². The van der Waals surface area contributed by atoms with Gasteiger partial charge in [-0.15, -0.1) is 0 Å². The fourth-order valence-electron chi connectivity index (χ4n) is 3.79. The van der Waals surface area contributed by atoms with Gasteiger partial charge in [0.25, 0.3) is 0 Å². The van der Waals surface area contributed by atoms with Crippen LogP contribution in [-0.2, 0) is 4.74 Å². The first kappa shape index (κ1) is 26.0. The average molecular weight is 484 g/mol. The van der Waals surface area contributed by atoms with Crippen molar-refractivity contribution in [2.75, 3.05) is 32.2 Å². The van der Waals surface area contributed by atoms with Gasteiger partial charge >= 0.3 is 0 Å². The van der Waals surface area contributed by atoms with Crippen LogP contribution in [0.5, 0.6) is 5.75 Å². The van der Waals surface area contributed by atoms with Gasteiger partial charge in [-0.3, -0.25) is 5.10 Å². The van der Waals surface area contributed by atoms with Crippen molar-refractivity contribution in [2.24, 2.45) is 9.98 Å². The first-order valence-corrected chi connectivity index (χ1v) is 11.7. The second-order valence-corrected chi connectivity index (χ2v) is 7.92. The molecule has 10 heteroatoms. The van der Waals surface area contributed by atoms with Gasteiger partial charge in [-0.25, -0.2) is 14.4 Å². The van der Waals surface area contributed by atoms with Gasteiger partial charge in [0.05, 0.1) is 6.10 Å². The number of nitrogens with zero attached hydrogens (tertiary/aromatic N) is 4. The van der Waals surface area contributed by atoms with Crippen LogP contribution in [0.4, 0.5) is 10.2 Å². The predicted molar refractivity (Wildman–Crippen MR) is 139 cm³/mol. The van der Waals surface area contributed by atoms with Gasteiger partial charge in [0.2, 0.25) is 0 Å². The molecule has 3 N–H and O–H groups in total. The van der Waals surface area contributed by atoms with E-state index in [2.05, 4.69) is 42.1 Å². The molecule has 1 atom stereocenters. The van der Waals surface area contributed by atoms with Crippen molar-refractivity contribution in [3.05, 3.63) is 53.4 Å². The lowest BCUT2D eigenvalue weighted by Crippen LogP contribution is -2.30. The van der Waals surface area contributed by atoms with Crippen LogP contribution in [0.3, 0.4) is 0 Å². The van der Waals surface area contributed by atoms with Crippen molar-refractivity contribution in [2.45, 2.75) is 40.2 Å². The van der Waals surface area contributed by atoms with Crippen molar-refractivity contribution in [3.8, 4) is 5.75 Å². The van der Waals surface area contributed by atoms with E-state index in [9.17, 15) is 4.39 Å². The Morgan fingerprint density at radius 3 is 2.77 bits per heavy atom. The first-order chi connectivity index (χ1) is 17.0. The predicted octanol–water partition coefficient (Wildman–Crippen LogP) is 4.78. The van der Waals surface area contributed by atoms with Gasteiger partial charge in [0, 0.05) is 54.6 Å². The standard InChI is InChI=1S/C23H28FN7O2.C2H6/c1-14-9-17-18(27-14)5-6-19(23(17)24)33-13-26-22(31-8-7-16(12-31)32-4)11-20(25-3)28-21-10-15(2)29-30-21;1-2/h5-6,9-11,16,27H,3,7-8,12-13H2,1-2,4H3,(H2,28,29,30);1-2H3/b20-11+,26-22+;. The third-order valence-electron chi connectivity index (χ3n) is 5.48. The third kappa shape index (κ3) is 6.48. The molecule has 3 aromatic rings. The fraction of sp³-hybridized carbons (Fsp3) is 0.400. The lowest BCUT2D eigenvalue weighted by Gasteiger charge is -2.19. The molecule has 4 rings (SSSR count). The van der Waals surface area contributed by atoms with Crippen molar-refractivity contribution in [1.82, 2.24) is 20.1 Å². The SMILES string of the molecule is C=N/C(=C\C(=N/COc1ccc2[nH]c(C)cc2c1F)N1CCC(OC)C1)Nc1cc(C)[nH]n1.CC. The summed E-state index contributed by atoms with van der Waals surface area (Å²) in [6, 6.07) is 7.02. The molecule has 0 spiro atoms. The van der Waals surface area contributed by atoms with Gasteiger partial charge in [0.15, 0.2) is 24.1 Å². The molecule has 1 unspecified atom stereocenters. The number of aromatic amines is 2. The van der Waals surface area contributed by atoms with E-state index in [1.54, 1.807) is 31.4 Å². The molecule has 0 amide bonds. The molecule has 1 fully saturated rings. The number of aliphatic imine (C=N–C) groups is 2. The molecule has 9 nitrogen and oxygen atoms in total. The highest BCUT2D eigenvalue weighted by molar-refractivity contribution is 5.94. The van der Waals surface area contributed by atoms with Gasteiger partial charge in [-0.05, 0) is 45.2 Å². The number of benzene rings is 1. The zero-order valence-electron chi connectivity index (χ0n) is 21.0. The molecular formula is C25H34FN7O2. The largest absolute Gasteiger partial charge is 0.468 e. The number of anilines is 1. The number of likely N-dealkylation sites (tertiary alicyclic amines) is 1. The highest BCUT2D eigenvalue weighted by Gasteiger charge is 2.24. The van der Waals surface area contributed by atoms with Gasteiger partial charge in [-0.1, -0.05) is 13.8 Å². The number of halogens is 1. The quantitative estimate of drug-likeness (QED) is 0.316. The Bertz CT molecular complexity index is 1200. The van der Waals surface area contributed by atoms with E-state index < -0.39 is 5.82 Å². The normalized spacial score (nSPS) is 16.3. The van der Waals surface area contributed by atoms with E-state index in [-0.39, 0.29) is 18.6 Å².